The summed E-state index contributed by atoms with van der Waals surface area (Å²) in [6.45, 7) is 1.85. The van der Waals surface area contributed by atoms with Gasteiger partial charge in [0.1, 0.15) is 4.32 Å². The lowest BCUT2D eigenvalue weighted by atomic mass is 10.2. The summed E-state index contributed by atoms with van der Waals surface area (Å²) in [5, 5.41) is 10.7. The van der Waals surface area contributed by atoms with Gasteiger partial charge in [0.15, 0.2) is 0 Å². The van der Waals surface area contributed by atoms with Gasteiger partial charge in [0, 0.05) is 44.1 Å². The summed E-state index contributed by atoms with van der Waals surface area (Å²) in [6, 6.07) is 14.8. The van der Waals surface area contributed by atoms with Crippen molar-refractivity contribution < 1.29 is 13.3 Å². The largest absolute Gasteiger partial charge is 0.355 e. The Bertz CT molecular complexity index is 942. The third-order valence-electron chi connectivity index (χ3n) is 4.39. The van der Waals surface area contributed by atoms with Crippen LogP contribution in [0.4, 0.5) is 5.69 Å². The fourth-order valence-corrected chi connectivity index (χ4v) is 5.45. The van der Waals surface area contributed by atoms with Gasteiger partial charge in [0.25, 0.3) is 5.69 Å². The van der Waals surface area contributed by atoms with E-state index in [0.717, 1.165) is 5.56 Å². The molecule has 1 heterocycles. The molecule has 1 aliphatic rings. The predicted octanol–water partition coefficient (Wildman–Crippen LogP) is 3.12. The van der Waals surface area contributed by atoms with Crippen LogP contribution in [0.25, 0.3) is 0 Å². The van der Waals surface area contributed by atoms with Crippen LogP contribution in [0.5, 0.6) is 0 Å². The van der Waals surface area contributed by atoms with Crippen LogP contribution in [0.1, 0.15) is 5.56 Å². The molecule has 2 aromatic rings. The molecule has 0 amide bonds. The second-order valence-corrected chi connectivity index (χ2v) is 9.73. The van der Waals surface area contributed by atoms with Gasteiger partial charge < -0.3 is 4.90 Å². The quantitative estimate of drug-likeness (QED) is 0.404. The maximum Gasteiger partial charge on any atom is 0.269 e. The number of nitro groups is 1. The van der Waals surface area contributed by atoms with E-state index in [4.69, 9.17) is 12.2 Å². The molecule has 148 valence electrons. The third kappa shape index (κ3) is 4.88. The van der Waals surface area contributed by atoms with Crippen molar-refractivity contribution in [2.75, 3.05) is 26.2 Å². The molecule has 3 rings (SSSR count). The predicted molar refractivity (Wildman–Crippen MR) is 114 cm³/mol. The molecule has 0 saturated carbocycles. The highest BCUT2D eigenvalue weighted by Gasteiger charge is 2.29. The van der Waals surface area contributed by atoms with Crippen LogP contribution >= 0.6 is 24.0 Å². The molecule has 7 nitrogen and oxygen atoms in total. The standard InChI is InChI=1S/C18H19N3O4S3/c22-21(23)16-8-6-15(7-9-16)14-27-18(26)19-10-12-20(13-11-19)28(24,25)17-4-2-1-3-5-17/h1-9H,10-14H2. The Balaban J connectivity index is 1.52. The molecule has 1 fully saturated rings. The van der Waals surface area contributed by atoms with Crippen LogP contribution in [0.2, 0.25) is 0 Å². The molecule has 0 aromatic heterocycles. The number of thiocarbonyl (C=S) groups is 1. The molecule has 0 atom stereocenters. The first kappa shape index (κ1) is 20.7. The number of piperazine rings is 1. The van der Waals surface area contributed by atoms with Crippen LogP contribution in [-0.4, -0.2) is 53.0 Å². The number of thioether (sulfide) groups is 1. The highest BCUT2D eigenvalue weighted by Crippen LogP contribution is 2.22. The number of hydrogen-bond acceptors (Lipinski definition) is 6. The SMILES string of the molecule is O=[N+]([O-])c1ccc(CSC(=S)N2CCN(S(=O)(=O)c3ccccc3)CC2)cc1. The number of hydrogen-bond donors (Lipinski definition) is 0. The molecule has 0 aliphatic carbocycles. The summed E-state index contributed by atoms with van der Waals surface area (Å²) in [5.74, 6) is 0.610. The molecule has 0 radical (unpaired) electrons. The first-order chi connectivity index (χ1) is 13.4. The van der Waals surface area contributed by atoms with E-state index in [0.29, 0.717) is 41.1 Å². The molecule has 10 heteroatoms. The Morgan fingerprint density at radius 3 is 2.21 bits per heavy atom. The molecule has 0 spiro atoms. The number of sulfonamides is 1. The minimum atomic E-state index is -3.48. The van der Waals surface area contributed by atoms with E-state index >= 15 is 0 Å². The van der Waals surface area contributed by atoms with Crippen molar-refractivity contribution in [3.63, 3.8) is 0 Å². The Morgan fingerprint density at radius 2 is 1.64 bits per heavy atom. The maximum atomic E-state index is 12.7. The van der Waals surface area contributed by atoms with E-state index in [2.05, 4.69) is 0 Å². The Hall–Kier alpha value is -2.01. The molecule has 0 N–H and O–H groups in total. The zero-order chi connectivity index (χ0) is 20.1. The van der Waals surface area contributed by atoms with Crippen LogP contribution in [0.15, 0.2) is 59.5 Å². The first-order valence-corrected chi connectivity index (χ1v) is 11.4. The number of nitro benzene ring substituents is 1. The molecular formula is C18H19N3O4S3. The molecule has 28 heavy (non-hydrogen) atoms. The zero-order valence-corrected chi connectivity index (χ0v) is 17.4. The van der Waals surface area contributed by atoms with Gasteiger partial charge in [-0.05, 0) is 17.7 Å². The molecule has 0 unspecified atom stereocenters. The Kier molecular flexibility index (Phi) is 6.65. The molecular weight excluding hydrogens is 418 g/mol. The fraction of sp³-hybridized carbons (Fsp3) is 0.278. The van der Waals surface area contributed by atoms with Gasteiger partial charge in [-0.15, -0.1) is 0 Å². The van der Waals surface area contributed by atoms with Crippen molar-refractivity contribution in [1.29, 1.82) is 0 Å². The van der Waals surface area contributed by atoms with Crippen molar-refractivity contribution in [3.8, 4) is 0 Å². The van der Waals surface area contributed by atoms with E-state index in [1.54, 1.807) is 42.5 Å². The lowest BCUT2D eigenvalue weighted by molar-refractivity contribution is -0.384. The van der Waals surface area contributed by atoms with E-state index < -0.39 is 14.9 Å². The minimum absolute atomic E-state index is 0.0621. The lowest BCUT2D eigenvalue weighted by Crippen LogP contribution is -2.49. The van der Waals surface area contributed by atoms with Crippen LogP contribution in [-0.2, 0) is 15.8 Å². The summed E-state index contributed by atoms with van der Waals surface area (Å²) in [4.78, 5) is 12.6. The minimum Gasteiger partial charge on any atom is -0.355 e. The van der Waals surface area contributed by atoms with Crippen molar-refractivity contribution in [1.82, 2.24) is 9.21 Å². The van der Waals surface area contributed by atoms with Gasteiger partial charge in [-0.3, -0.25) is 10.1 Å². The van der Waals surface area contributed by atoms with E-state index in [1.165, 1.54) is 28.2 Å². The summed E-state index contributed by atoms with van der Waals surface area (Å²) in [6.07, 6.45) is 0. The van der Waals surface area contributed by atoms with Crippen molar-refractivity contribution >= 4 is 44.0 Å². The first-order valence-electron chi connectivity index (χ1n) is 8.58. The monoisotopic (exact) mass is 437 g/mol. The highest BCUT2D eigenvalue weighted by molar-refractivity contribution is 8.22. The summed E-state index contributed by atoms with van der Waals surface area (Å²) >= 11 is 6.95. The molecule has 1 saturated heterocycles. The Labute approximate surface area is 173 Å². The van der Waals surface area contributed by atoms with Gasteiger partial charge in [-0.2, -0.15) is 4.31 Å². The average molecular weight is 438 g/mol. The van der Waals surface area contributed by atoms with Gasteiger partial charge in [-0.25, -0.2) is 8.42 Å². The van der Waals surface area contributed by atoms with Crippen LogP contribution in [0.3, 0.4) is 0 Å². The third-order valence-corrected chi connectivity index (χ3v) is 7.89. The van der Waals surface area contributed by atoms with E-state index in [-0.39, 0.29) is 5.69 Å². The van der Waals surface area contributed by atoms with Gasteiger partial charge in [0.05, 0.1) is 9.82 Å². The zero-order valence-electron chi connectivity index (χ0n) is 14.9. The summed E-state index contributed by atoms with van der Waals surface area (Å²) in [5.41, 5.74) is 1.01. The highest BCUT2D eigenvalue weighted by atomic mass is 32.2. The number of benzene rings is 2. The van der Waals surface area contributed by atoms with Gasteiger partial charge in [0.2, 0.25) is 10.0 Å². The van der Waals surface area contributed by atoms with E-state index in [9.17, 15) is 18.5 Å². The van der Waals surface area contributed by atoms with Crippen molar-refractivity contribution in [2.24, 2.45) is 0 Å². The second kappa shape index (κ2) is 8.99. The van der Waals surface area contributed by atoms with Crippen molar-refractivity contribution in [2.45, 2.75) is 10.6 Å². The molecule has 0 bridgehead atoms. The number of nitrogens with zero attached hydrogens (tertiary/aromatic N) is 3. The second-order valence-electron chi connectivity index (χ2n) is 6.18. The van der Waals surface area contributed by atoms with E-state index in [1.807, 2.05) is 4.90 Å². The molecule has 2 aromatic carbocycles. The summed E-state index contributed by atoms with van der Waals surface area (Å²) in [7, 11) is -3.48. The number of rotatable bonds is 5. The van der Waals surface area contributed by atoms with Crippen LogP contribution in [0, 0.1) is 10.1 Å². The van der Waals surface area contributed by atoms with Gasteiger partial charge in [-0.1, -0.05) is 54.3 Å². The summed E-state index contributed by atoms with van der Waals surface area (Å²) < 4.78 is 27.5. The van der Waals surface area contributed by atoms with Crippen molar-refractivity contribution in [3.05, 3.63) is 70.3 Å². The average Bonchev–Trinajstić information content (AvgIpc) is 2.73. The fourth-order valence-electron chi connectivity index (χ4n) is 2.80. The topological polar surface area (TPSA) is 83.8 Å². The Morgan fingerprint density at radius 1 is 1.04 bits per heavy atom. The molecule has 1 aliphatic heterocycles. The lowest BCUT2D eigenvalue weighted by Gasteiger charge is -2.35. The maximum absolute atomic E-state index is 12.7. The van der Waals surface area contributed by atoms with Crippen LogP contribution < -0.4 is 0 Å². The smallest absolute Gasteiger partial charge is 0.269 e. The normalized spacial score (nSPS) is 15.4. The number of non-ortho nitro benzene ring substituents is 1. The van der Waals surface area contributed by atoms with Gasteiger partial charge >= 0.3 is 0 Å².